The molecule has 0 saturated heterocycles. The molecule has 0 heterocycles. The third kappa shape index (κ3) is 8.52. The summed E-state index contributed by atoms with van der Waals surface area (Å²) in [6.07, 6.45) is -0.958. The van der Waals surface area contributed by atoms with Crippen molar-refractivity contribution in [1.82, 2.24) is 0 Å². The molecule has 0 bridgehead atoms. The van der Waals surface area contributed by atoms with E-state index < -0.39 is 28.0 Å². The Kier molecular flexibility index (Phi) is 10.0. The fourth-order valence-electron chi connectivity index (χ4n) is 1.07. The van der Waals surface area contributed by atoms with Gasteiger partial charge in [0.05, 0.1) is 6.61 Å². The highest BCUT2D eigenvalue weighted by molar-refractivity contribution is 6.30. The van der Waals surface area contributed by atoms with Crippen LogP contribution < -0.4 is 0 Å². The van der Waals surface area contributed by atoms with E-state index in [0.717, 1.165) is 0 Å². The predicted octanol–water partition coefficient (Wildman–Crippen LogP) is 0.550. The van der Waals surface area contributed by atoms with E-state index in [1.807, 2.05) is 0 Å². The number of hydrogen-bond acceptors (Lipinski definition) is 6. The summed E-state index contributed by atoms with van der Waals surface area (Å²) in [6.45, 7) is 9.57. The number of carbonyl (C=O) groups excluding carboxylic acids is 2. The van der Waals surface area contributed by atoms with Crippen molar-refractivity contribution in [2.75, 3.05) is 19.8 Å². The van der Waals surface area contributed by atoms with Crippen LogP contribution in [0.3, 0.4) is 0 Å². The van der Waals surface area contributed by atoms with Gasteiger partial charge in [-0.1, -0.05) is 6.58 Å². The van der Waals surface area contributed by atoms with Crippen molar-refractivity contribution >= 4 is 21.7 Å². The molecule has 0 unspecified atom stereocenters. The van der Waals surface area contributed by atoms with Gasteiger partial charge in [-0.25, -0.2) is 9.59 Å². The molecule has 7 heteroatoms. The zero-order valence-corrected chi connectivity index (χ0v) is 13.2. The molecule has 0 rings (SSSR count). The van der Waals surface area contributed by atoms with Crippen LogP contribution in [0.15, 0.2) is 12.2 Å². The van der Waals surface area contributed by atoms with Crippen LogP contribution in [0.4, 0.5) is 0 Å². The van der Waals surface area contributed by atoms with Gasteiger partial charge >= 0.3 is 11.9 Å². The predicted molar refractivity (Wildman–Crippen MR) is 72.3 cm³/mol. The molecule has 0 fully saturated rings. The fraction of sp³-hybridized carbons (Fsp3) is 0.667. The standard InChI is InChI=1S/C12H22O6Si/c1-5-15-12(16-6-2)11(14)18-19-8-7-17-10(13)9(3)4/h12H,3,5-8,19H2,1-2,4H3. The highest BCUT2D eigenvalue weighted by Gasteiger charge is 2.19. The molecule has 0 radical (unpaired) electrons. The van der Waals surface area contributed by atoms with Crippen molar-refractivity contribution in [2.45, 2.75) is 33.1 Å². The highest BCUT2D eigenvalue weighted by Crippen LogP contribution is 1.99. The van der Waals surface area contributed by atoms with E-state index in [0.29, 0.717) is 24.8 Å². The molecule has 6 nitrogen and oxygen atoms in total. The highest BCUT2D eigenvalue weighted by atomic mass is 28.2. The van der Waals surface area contributed by atoms with Crippen molar-refractivity contribution in [3.05, 3.63) is 12.2 Å². The summed E-state index contributed by atoms with van der Waals surface area (Å²) < 4.78 is 20.2. The molecular weight excluding hydrogens is 268 g/mol. The van der Waals surface area contributed by atoms with Crippen molar-refractivity contribution in [2.24, 2.45) is 0 Å². The Labute approximate surface area is 116 Å². The first-order chi connectivity index (χ1) is 9.02. The average molecular weight is 290 g/mol. The largest absolute Gasteiger partial charge is 0.521 e. The fourth-order valence-corrected chi connectivity index (χ4v) is 1.82. The van der Waals surface area contributed by atoms with Gasteiger partial charge in [-0.05, 0) is 20.8 Å². The molecule has 19 heavy (non-hydrogen) atoms. The van der Waals surface area contributed by atoms with Gasteiger partial charge in [-0.15, -0.1) is 0 Å². The van der Waals surface area contributed by atoms with E-state index in [1.54, 1.807) is 20.8 Å². The van der Waals surface area contributed by atoms with Crippen LogP contribution in [-0.4, -0.2) is 47.8 Å². The lowest BCUT2D eigenvalue weighted by atomic mass is 10.4. The number of hydrogen-bond donors (Lipinski definition) is 0. The third-order valence-electron chi connectivity index (χ3n) is 1.94. The Morgan fingerprint density at radius 1 is 1.21 bits per heavy atom. The van der Waals surface area contributed by atoms with Gasteiger partial charge in [-0.3, -0.25) is 0 Å². The smallest absolute Gasteiger partial charge is 0.349 e. The topological polar surface area (TPSA) is 71.1 Å². The summed E-state index contributed by atoms with van der Waals surface area (Å²) in [5, 5.41) is 0. The summed E-state index contributed by atoms with van der Waals surface area (Å²) in [5.41, 5.74) is 0.353. The van der Waals surface area contributed by atoms with E-state index in [1.165, 1.54) is 0 Å². The number of rotatable bonds is 10. The normalized spacial score (nSPS) is 10.9. The van der Waals surface area contributed by atoms with Gasteiger partial charge in [0.2, 0.25) is 9.76 Å². The molecule has 0 amide bonds. The van der Waals surface area contributed by atoms with E-state index in [4.69, 9.17) is 18.6 Å². The van der Waals surface area contributed by atoms with Crippen molar-refractivity contribution in [1.29, 1.82) is 0 Å². The lowest BCUT2D eigenvalue weighted by molar-refractivity contribution is -0.184. The lowest BCUT2D eigenvalue weighted by Crippen LogP contribution is -2.30. The van der Waals surface area contributed by atoms with Crippen molar-refractivity contribution in [3.8, 4) is 0 Å². The maximum atomic E-state index is 11.6. The molecule has 0 aromatic carbocycles. The van der Waals surface area contributed by atoms with Crippen LogP contribution in [0.25, 0.3) is 0 Å². The summed E-state index contributed by atoms with van der Waals surface area (Å²) >= 11 is 0. The van der Waals surface area contributed by atoms with E-state index in [-0.39, 0.29) is 6.61 Å². The Hall–Kier alpha value is -1.18. The van der Waals surface area contributed by atoms with Crippen molar-refractivity contribution < 1.29 is 28.2 Å². The van der Waals surface area contributed by atoms with Gasteiger partial charge in [0.15, 0.2) is 0 Å². The van der Waals surface area contributed by atoms with Gasteiger partial charge in [0.25, 0.3) is 6.29 Å². The maximum absolute atomic E-state index is 11.6. The number of ether oxygens (including phenoxy) is 3. The molecule has 0 aliphatic heterocycles. The molecule has 0 saturated carbocycles. The summed E-state index contributed by atoms with van der Waals surface area (Å²) in [5.74, 6) is -0.941. The minimum Gasteiger partial charge on any atom is -0.521 e. The number of carbonyl (C=O) groups is 2. The first-order valence-electron chi connectivity index (χ1n) is 6.25. The molecule has 0 aliphatic rings. The maximum Gasteiger partial charge on any atom is 0.349 e. The second-order valence-corrected chi connectivity index (χ2v) is 5.08. The second kappa shape index (κ2) is 10.7. The Morgan fingerprint density at radius 2 is 1.79 bits per heavy atom. The minimum atomic E-state index is -1.10. The first kappa shape index (κ1) is 17.8. The Balaban J connectivity index is 3.77. The van der Waals surface area contributed by atoms with E-state index >= 15 is 0 Å². The zero-order valence-electron chi connectivity index (χ0n) is 11.8. The molecule has 0 N–H and O–H groups in total. The van der Waals surface area contributed by atoms with E-state index in [9.17, 15) is 9.59 Å². The lowest BCUT2D eigenvalue weighted by Gasteiger charge is -2.15. The van der Waals surface area contributed by atoms with E-state index in [2.05, 4.69) is 6.58 Å². The Morgan fingerprint density at radius 3 is 2.26 bits per heavy atom. The van der Waals surface area contributed by atoms with Gasteiger partial charge in [-0.2, -0.15) is 0 Å². The molecule has 0 spiro atoms. The van der Waals surface area contributed by atoms with Crippen LogP contribution >= 0.6 is 0 Å². The Bertz CT molecular complexity index is 299. The van der Waals surface area contributed by atoms with Gasteiger partial charge < -0.3 is 18.6 Å². The minimum absolute atomic E-state index is 0.235. The van der Waals surface area contributed by atoms with Gasteiger partial charge in [0.1, 0.15) is 0 Å². The van der Waals surface area contributed by atoms with Crippen LogP contribution in [-0.2, 0) is 28.2 Å². The molecule has 0 aromatic heterocycles. The van der Waals surface area contributed by atoms with Crippen molar-refractivity contribution in [3.63, 3.8) is 0 Å². The third-order valence-corrected chi connectivity index (χ3v) is 3.01. The quantitative estimate of drug-likeness (QED) is 0.192. The van der Waals surface area contributed by atoms with Crippen LogP contribution in [0, 0.1) is 0 Å². The van der Waals surface area contributed by atoms with Gasteiger partial charge in [0, 0.05) is 24.8 Å². The molecule has 0 aromatic rings. The molecule has 0 aliphatic carbocycles. The molecular formula is C12H22O6Si. The molecule has 0 atom stereocenters. The monoisotopic (exact) mass is 290 g/mol. The van der Waals surface area contributed by atoms with Crippen LogP contribution in [0.5, 0.6) is 0 Å². The molecule has 110 valence electrons. The summed E-state index contributed by atoms with van der Waals surface area (Å²) in [7, 11) is -1.10. The van der Waals surface area contributed by atoms with Crippen LogP contribution in [0.1, 0.15) is 20.8 Å². The summed E-state index contributed by atoms with van der Waals surface area (Å²) in [4.78, 5) is 22.6. The van der Waals surface area contributed by atoms with Crippen LogP contribution in [0.2, 0.25) is 6.04 Å². The number of esters is 1. The SMILES string of the molecule is C=C(C)C(=O)OCC[SiH2]OC(=O)C(OCC)OCC. The average Bonchev–Trinajstić information content (AvgIpc) is 2.37. The summed E-state index contributed by atoms with van der Waals surface area (Å²) in [6, 6.07) is 0.551. The first-order valence-corrected chi connectivity index (χ1v) is 7.83. The zero-order chi connectivity index (χ0) is 14.7. The second-order valence-electron chi connectivity index (χ2n) is 3.68.